The molecule has 1 heterocycles. The minimum absolute atomic E-state index is 0.129. The van der Waals surface area contributed by atoms with Crippen molar-refractivity contribution in [2.75, 3.05) is 25.1 Å². The van der Waals surface area contributed by atoms with Gasteiger partial charge in [0.05, 0.1) is 6.61 Å². The second-order valence-corrected chi connectivity index (χ2v) is 5.13. The number of hydrogen-bond acceptors (Lipinski definition) is 4. The molecular weight excluding hydrogens is 228 g/mol. The zero-order chi connectivity index (χ0) is 13.4. The SMILES string of the molecule is CCOc1cccnc1NCC(C)(C)CCCO. The summed E-state index contributed by atoms with van der Waals surface area (Å²) < 4.78 is 5.52. The Hall–Kier alpha value is -1.29. The molecule has 0 spiro atoms. The maximum Gasteiger partial charge on any atom is 0.168 e. The Morgan fingerprint density at radius 2 is 2.22 bits per heavy atom. The molecule has 1 aromatic heterocycles. The van der Waals surface area contributed by atoms with E-state index in [1.807, 2.05) is 19.1 Å². The van der Waals surface area contributed by atoms with Crippen molar-refractivity contribution in [2.45, 2.75) is 33.6 Å². The van der Waals surface area contributed by atoms with Crippen LogP contribution in [0.4, 0.5) is 5.82 Å². The molecule has 4 heteroatoms. The van der Waals surface area contributed by atoms with Gasteiger partial charge in [-0.05, 0) is 37.3 Å². The largest absolute Gasteiger partial charge is 0.490 e. The lowest BCUT2D eigenvalue weighted by molar-refractivity contribution is 0.247. The maximum atomic E-state index is 8.88. The van der Waals surface area contributed by atoms with Gasteiger partial charge in [-0.3, -0.25) is 0 Å². The van der Waals surface area contributed by atoms with Gasteiger partial charge in [0.15, 0.2) is 11.6 Å². The Balaban J connectivity index is 2.56. The second-order valence-electron chi connectivity index (χ2n) is 5.13. The van der Waals surface area contributed by atoms with Crippen LogP contribution in [0, 0.1) is 5.41 Å². The van der Waals surface area contributed by atoms with Crippen molar-refractivity contribution in [1.82, 2.24) is 4.98 Å². The van der Waals surface area contributed by atoms with Crippen molar-refractivity contribution in [3.05, 3.63) is 18.3 Å². The smallest absolute Gasteiger partial charge is 0.168 e. The summed E-state index contributed by atoms with van der Waals surface area (Å²) in [5.41, 5.74) is 0.129. The van der Waals surface area contributed by atoms with Gasteiger partial charge in [-0.1, -0.05) is 13.8 Å². The lowest BCUT2D eigenvalue weighted by Gasteiger charge is -2.25. The van der Waals surface area contributed by atoms with E-state index in [0.717, 1.165) is 31.0 Å². The number of nitrogens with one attached hydrogen (secondary N) is 1. The van der Waals surface area contributed by atoms with E-state index in [9.17, 15) is 0 Å². The Morgan fingerprint density at radius 3 is 2.89 bits per heavy atom. The van der Waals surface area contributed by atoms with Gasteiger partial charge < -0.3 is 15.2 Å². The lowest BCUT2D eigenvalue weighted by atomic mass is 9.88. The van der Waals surface area contributed by atoms with Crippen LogP contribution in [0.3, 0.4) is 0 Å². The van der Waals surface area contributed by atoms with Crippen molar-refractivity contribution in [1.29, 1.82) is 0 Å². The number of aliphatic hydroxyl groups excluding tert-OH is 1. The van der Waals surface area contributed by atoms with Crippen LogP contribution >= 0.6 is 0 Å². The molecule has 102 valence electrons. The number of pyridine rings is 1. The van der Waals surface area contributed by atoms with Crippen LogP contribution in [-0.2, 0) is 0 Å². The predicted molar refractivity (Wildman–Crippen MR) is 74.0 cm³/mol. The van der Waals surface area contributed by atoms with Crippen LogP contribution in [0.5, 0.6) is 5.75 Å². The van der Waals surface area contributed by atoms with Gasteiger partial charge in [0.1, 0.15) is 0 Å². The van der Waals surface area contributed by atoms with E-state index in [-0.39, 0.29) is 12.0 Å². The van der Waals surface area contributed by atoms with Crippen molar-refractivity contribution in [3.8, 4) is 5.75 Å². The molecule has 0 aromatic carbocycles. The number of rotatable bonds is 8. The van der Waals surface area contributed by atoms with E-state index < -0.39 is 0 Å². The molecular formula is C14H24N2O2. The standard InChI is InChI=1S/C14H24N2O2/c1-4-18-12-7-5-9-15-13(12)16-11-14(2,3)8-6-10-17/h5,7,9,17H,4,6,8,10-11H2,1-3H3,(H,15,16). The predicted octanol–water partition coefficient (Wildman–Crippen LogP) is 2.69. The topological polar surface area (TPSA) is 54.4 Å². The number of hydrogen-bond donors (Lipinski definition) is 2. The first kappa shape index (κ1) is 14.8. The minimum Gasteiger partial charge on any atom is -0.490 e. The molecule has 2 N–H and O–H groups in total. The molecule has 0 saturated carbocycles. The molecule has 0 aliphatic carbocycles. The van der Waals surface area contributed by atoms with Crippen LogP contribution in [0.25, 0.3) is 0 Å². The molecule has 1 rings (SSSR count). The summed E-state index contributed by atoms with van der Waals surface area (Å²) in [6.45, 7) is 8.01. The van der Waals surface area contributed by atoms with E-state index in [2.05, 4.69) is 24.1 Å². The molecule has 0 radical (unpaired) electrons. The molecule has 0 atom stereocenters. The van der Waals surface area contributed by atoms with E-state index in [1.165, 1.54) is 0 Å². The Bertz CT molecular complexity index is 353. The van der Waals surface area contributed by atoms with Gasteiger partial charge in [-0.2, -0.15) is 0 Å². The summed E-state index contributed by atoms with van der Waals surface area (Å²) in [5, 5.41) is 12.2. The number of nitrogens with zero attached hydrogens (tertiary/aromatic N) is 1. The summed E-state index contributed by atoms with van der Waals surface area (Å²) in [7, 11) is 0. The first-order valence-electron chi connectivity index (χ1n) is 6.51. The van der Waals surface area contributed by atoms with E-state index in [4.69, 9.17) is 9.84 Å². The van der Waals surface area contributed by atoms with Gasteiger partial charge in [-0.25, -0.2) is 4.98 Å². The van der Waals surface area contributed by atoms with E-state index >= 15 is 0 Å². The first-order valence-corrected chi connectivity index (χ1v) is 6.51. The molecule has 0 unspecified atom stereocenters. The Morgan fingerprint density at radius 1 is 1.44 bits per heavy atom. The summed E-state index contributed by atoms with van der Waals surface area (Å²) in [4.78, 5) is 4.30. The van der Waals surface area contributed by atoms with Gasteiger partial charge in [0, 0.05) is 19.3 Å². The monoisotopic (exact) mass is 252 g/mol. The van der Waals surface area contributed by atoms with Crippen LogP contribution in [-0.4, -0.2) is 29.8 Å². The number of anilines is 1. The zero-order valence-corrected chi connectivity index (χ0v) is 11.6. The molecule has 4 nitrogen and oxygen atoms in total. The highest BCUT2D eigenvalue weighted by Crippen LogP contribution is 2.26. The molecule has 0 saturated heterocycles. The summed E-state index contributed by atoms with van der Waals surface area (Å²) in [6, 6.07) is 3.78. The maximum absolute atomic E-state index is 8.88. The summed E-state index contributed by atoms with van der Waals surface area (Å²) in [6.07, 6.45) is 3.56. The molecule has 0 amide bonds. The highest BCUT2D eigenvalue weighted by molar-refractivity contribution is 5.49. The third-order valence-corrected chi connectivity index (χ3v) is 2.82. The summed E-state index contributed by atoms with van der Waals surface area (Å²) >= 11 is 0. The van der Waals surface area contributed by atoms with Crippen LogP contribution < -0.4 is 10.1 Å². The van der Waals surface area contributed by atoms with Gasteiger partial charge >= 0.3 is 0 Å². The number of ether oxygens (including phenoxy) is 1. The quantitative estimate of drug-likeness (QED) is 0.747. The van der Waals surface area contributed by atoms with Crippen molar-refractivity contribution in [2.24, 2.45) is 5.41 Å². The van der Waals surface area contributed by atoms with Crippen LogP contribution in [0.15, 0.2) is 18.3 Å². The third-order valence-electron chi connectivity index (χ3n) is 2.82. The molecule has 0 bridgehead atoms. The van der Waals surface area contributed by atoms with Crippen LogP contribution in [0.2, 0.25) is 0 Å². The molecule has 0 aliphatic heterocycles. The summed E-state index contributed by atoms with van der Waals surface area (Å²) in [5.74, 6) is 1.58. The lowest BCUT2D eigenvalue weighted by Crippen LogP contribution is -2.24. The Kier molecular flexibility index (Phi) is 5.92. The minimum atomic E-state index is 0.129. The highest BCUT2D eigenvalue weighted by atomic mass is 16.5. The Labute approximate surface area is 109 Å². The van der Waals surface area contributed by atoms with Gasteiger partial charge in [-0.15, -0.1) is 0 Å². The van der Waals surface area contributed by atoms with E-state index in [0.29, 0.717) is 6.61 Å². The molecule has 0 fully saturated rings. The average Bonchev–Trinajstić information content (AvgIpc) is 2.36. The molecule has 18 heavy (non-hydrogen) atoms. The molecule has 1 aromatic rings. The van der Waals surface area contributed by atoms with Gasteiger partial charge in [0.2, 0.25) is 0 Å². The van der Waals surface area contributed by atoms with Crippen LogP contribution in [0.1, 0.15) is 33.6 Å². The van der Waals surface area contributed by atoms with Crippen molar-refractivity contribution < 1.29 is 9.84 Å². The highest BCUT2D eigenvalue weighted by Gasteiger charge is 2.18. The average molecular weight is 252 g/mol. The molecule has 0 aliphatic rings. The first-order chi connectivity index (χ1) is 8.59. The van der Waals surface area contributed by atoms with Crippen molar-refractivity contribution >= 4 is 5.82 Å². The second kappa shape index (κ2) is 7.21. The third kappa shape index (κ3) is 4.92. The van der Waals surface area contributed by atoms with E-state index in [1.54, 1.807) is 6.20 Å². The zero-order valence-electron chi connectivity index (χ0n) is 11.6. The van der Waals surface area contributed by atoms with Crippen molar-refractivity contribution in [3.63, 3.8) is 0 Å². The fourth-order valence-corrected chi connectivity index (χ4v) is 1.76. The number of aromatic nitrogens is 1. The fourth-order valence-electron chi connectivity index (χ4n) is 1.76. The normalized spacial score (nSPS) is 11.3. The van der Waals surface area contributed by atoms with Gasteiger partial charge in [0.25, 0.3) is 0 Å². The number of aliphatic hydroxyl groups is 1. The fraction of sp³-hybridized carbons (Fsp3) is 0.643.